The van der Waals surface area contributed by atoms with Crippen molar-refractivity contribution < 1.29 is 9.32 Å². The molecule has 6 nitrogen and oxygen atoms in total. The first-order valence-corrected chi connectivity index (χ1v) is 6.52. The molecule has 2 fully saturated rings. The monoisotopic (exact) mass is 251 g/mol. The molecule has 0 radical (unpaired) electrons. The molecule has 1 aromatic heterocycles. The second kappa shape index (κ2) is 4.26. The molecule has 0 aromatic carbocycles. The highest BCUT2D eigenvalue weighted by atomic mass is 16.5. The van der Waals surface area contributed by atoms with Crippen LogP contribution in [0.1, 0.15) is 37.9 Å². The number of nitrogens with zero attached hydrogens (tertiary/aromatic N) is 1. The van der Waals surface area contributed by atoms with Crippen LogP contribution < -0.4 is 11.1 Å². The van der Waals surface area contributed by atoms with Crippen molar-refractivity contribution in [2.24, 2.45) is 11.3 Å². The van der Waals surface area contributed by atoms with Crippen LogP contribution in [0.4, 0.5) is 0 Å². The van der Waals surface area contributed by atoms with Crippen LogP contribution in [0.3, 0.4) is 0 Å². The van der Waals surface area contributed by atoms with Crippen LogP contribution in [0.5, 0.6) is 0 Å². The largest absolute Gasteiger partial charge is 0.438 e. The maximum Gasteiger partial charge on any atom is 0.438 e. The van der Waals surface area contributed by atoms with Gasteiger partial charge in [0, 0.05) is 18.9 Å². The fourth-order valence-electron chi connectivity index (χ4n) is 3.15. The zero-order chi connectivity index (χ0) is 12.6. The molecule has 1 unspecified atom stereocenters. The van der Waals surface area contributed by atoms with E-state index in [2.05, 4.69) is 20.0 Å². The lowest BCUT2D eigenvalue weighted by atomic mass is 10.0. The first kappa shape index (κ1) is 11.5. The number of carbonyl (C=O) groups is 1. The highest BCUT2D eigenvalue weighted by Gasteiger charge is 2.58. The van der Waals surface area contributed by atoms with E-state index < -0.39 is 5.76 Å². The standard InChI is InChI=1S/C12H17N3O3/c16-10(8-7-12(8)4-1-2-5-12)13-6-3-9-14-11(17)18-15-9/h8H,1-7H2,(H,13,16)(H,14,15,17). The Hall–Kier alpha value is -1.59. The van der Waals surface area contributed by atoms with Crippen molar-refractivity contribution >= 4 is 5.91 Å². The SMILES string of the molecule is O=C(NCCc1noc(=O)[nH]1)C1CC12CCCC2. The van der Waals surface area contributed by atoms with Crippen LogP contribution in [0.15, 0.2) is 9.32 Å². The minimum absolute atomic E-state index is 0.155. The van der Waals surface area contributed by atoms with Gasteiger partial charge in [-0.2, -0.15) is 0 Å². The Morgan fingerprint density at radius 3 is 2.94 bits per heavy atom. The normalized spacial score (nSPS) is 24.3. The Morgan fingerprint density at radius 1 is 1.50 bits per heavy atom. The van der Waals surface area contributed by atoms with E-state index in [-0.39, 0.29) is 11.8 Å². The molecule has 1 spiro atoms. The summed E-state index contributed by atoms with van der Waals surface area (Å²) in [7, 11) is 0. The maximum atomic E-state index is 11.9. The van der Waals surface area contributed by atoms with Gasteiger partial charge in [-0.1, -0.05) is 18.0 Å². The number of hydrogen-bond donors (Lipinski definition) is 2. The van der Waals surface area contributed by atoms with Gasteiger partial charge in [-0.3, -0.25) is 14.3 Å². The summed E-state index contributed by atoms with van der Waals surface area (Å²) < 4.78 is 4.38. The van der Waals surface area contributed by atoms with E-state index in [0.717, 1.165) is 6.42 Å². The van der Waals surface area contributed by atoms with E-state index in [1.165, 1.54) is 25.7 Å². The number of carbonyl (C=O) groups excluding carboxylic acids is 1. The van der Waals surface area contributed by atoms with Crippen LogP contribution in [-0.2, 0) is 11.2 Å². The Morgan fingerprint density at radius 2 is 2.28 bits per heavy atom. The summed E-state index contributed by atoms with van der Waals surface area (Å²) in [5.41, 5.74) is 0.340. The molecule has 1 aromatic rings. The fourth-order valence-corrected chi connectivity index (χ4v) is 3.15. The molecule has 18 heavy (non-hydrogen) atoms. The predicted molar refractivity (Wildman–Crippen MR) is 62.8 cm³/mol. The summed E-state index contributed by atoms with van der Waals surface area (Å²) in [5.74, 6) is 0.300. The third-order valence-electron chi connectivity index (χ3n) is 4.25. The molecule has 0 aliphatic heterocycles. The molecule has 3 rings (SSSR count). The molecule has 1 heterocycles. The van der Waals surface area contributed by atoms with Gasteiger partial charge in [-0.15, -0.1) is 0 Å². The van der Waals surface area contributed by atoms with Crippen molar-refractivity contribution in [1.29, 1.82) is 0 Å². The summed E-state index contributed by atoms with van der Waals surface area (Å²) in [6, 6.07) is 0. The van der Waals surface area contributed by atoms with Gasteiger partial charge in [0.2, 0.25) is 5.91 Å². The maximum absolute atomic E-state index is 11.9. The highest BCUT2D eigenvalue weighted by Crippen LogP contribution is 2.62. The Bertz CT molecular complexity index is 499. The molecular formula is C12H17N3O3. The molecule has 2 aliphatic rings. The Kier molecular flexibility index (Phi) is 2.72. The van der Waals surface area contributed by atoms with Crippen molar-refractivity contribution in [2.45, 2.75) is 38.5 Å². The van der Waals surface area contributed by atoms with Gasteiger partial charge < -0.3 is 5.32 Å². The molecule has 2 saturated carbocycles. The van der Waals surface area contributed by atoms with Gasteiger partial charge in [0.15, 0.2) is 5.82 Å². The fraction of sp³-hybridized carbons (Fsp3) is 0.750. The van der Waals surface area contributed by atoms with Crippen molar-refractivity contribution in [2.75, 3.05) is 6.54 Å². The van der Waals surface area contributed by atoms with Crippen LogP contribution in [0.2, 0.25) is 0 Å². The van der Waals surface area contributed by atoms with Crippen LogP contribution in [0.25, 0.3) is 0 Å². The quantitative estimate of drug-likeness (QED) is 0.820. The van der Waals surface area contributed by atoms with Gasteiger partial charge in [-0.05, 0) is 24.7 Å². The zero-order valence-corrected chi connectivity index (χ0v) is 10.2. The molecule has 1 atom stereocenters. The van der Waals surface area contributed by atoms with Gasteiger partial charge in [0.25, 0.3) is 0 Å². The van der Waals surface area contributed by atoms with Gasteiger partial charge in [0.05, 0.1) is 0 Å². The summed E-state index contributed by atoms with van der Waals surface area (Å²) >= 11 is 0. The van der Waals surface area contributed by atoms with E-state index in [1.807, 2.05) is 0 Å². The van der Waals surface area contributed by atoms with E-state index in [9.17, 15) is 9.59 Å². The number of aromatic amines is 1. The summed E-state index contributed by atoms with van der Waals surface area (Å²) in [4.78, 5) is 25.1. The average molecular weight is 251 g/mol. The van der Waals surface area contributed by atoms with Crippen molar-refractivity contribution in [3.63, 3.8) is 0 Å². The molecule has 6 heteroatoms. The van der Waals surface area contributed by atoms with Crippen molar-refractivity contribution in [3.05, 3.63) is 16.4 Å². The third-order valence-corrected chi connectivity index (χ3v) is 4.25. The number of rotatable bonds is 4. The zero-order valence-electron chi connectivity index (χ0n) is 10.2. The molecule has 2 aliphatic carbocycles. The minimum Gasteiger partial charge on any atom is -0.355 e. The van der Waals surface area contributed by atoms with E-state index in [4.69, 9.17) is 0 Å². The van der Waals surface area contributed by atoms with E-state index in [0.29, 0.717) is 24.2 Å². The Labute approximate surface area is 104 Å². The number of H-pyrrole nitrogens is 1. The molecule has 98 valence electrons. The van der Waals surface area contributed by atoms with Gasteiger partial charge >= 0.3 is 5.76 Å². The number of amides is 1. The smallest absolute Gasteiger partial charge is 0.355 e. The topological polar surface area (TPSA) is 88.0 Å². The lowest BCUT2D eigenvalue weighted by Gasteiger charge is -2.08. The first-order valence-electron chi connectivity index (χ1n) is 6.52. The van der Waals surface area contributed by atoms with Crippen molar-refractivity contribution in [3.8, 4) is 0 Å². The Balaban J connectivity index is 1.44. The second-order valence-corrected chi connectivity index (χ2v) is 5.41. The first-order chi connectivity index (χ1) is 8.70. The molecule has 0 saturated heterocycles. The number of aromatic nitrogens is 2. The van der Waals surface area contributed by atoms with Crippen molar-refractivity contribution in [1.82, 2.24) is 15.5 Å². The number of hydrogen-bond acceptors (Lipinski definition) is 4. The molecule has 0 bridgehead atoms. The van der Waals surface area contributed by atoms with Crippen LogP contribution in [-0.4, -0.2) is 22.6 Å². The van der Waals surface area contributed by atoms with E-state index >= 15 is 0 Å². The summed E-state index contributed by atoms with van der Waals surface area (Å²) in [6.07, 6.45) is 6.51. The average Bonchev–Trinajstić information content (AvgIpc) is 2.68. The predicted octanol–water partition coefficient (Wildman–Crippen LogP) is 0.602. The number of nitrogens with one attached hydrogen (secondary N) is 2. The lowest BCUT2D eigenvalue weighted by molar-refractivity contribution is -0.123. The molecule has 2 N–H and O–H groups in total. The van der Waals surface area contributed by atoms with Crippen LogP contribution in [0, 0.1) is 11.3 Å². The lowest BCUT2D eigenvalue weighted by Crippen LogP contribution is -2.29. The highest BCUT2D eigenvalue weighted by molar-refractivity contribution is 5.82. The second-order valence-electron chi connectivity index (χ2n) is 5.41. The van der Waals surface area contributed by atoms with Crippen LogP contribution >= 0.6 is 0 Å². The minimum atomic E-state index is -0.552. The summed E-state index contributed by atoms with van der Waals surface area (Å²) in [6.45, 7) is 0.494. The summed E-state index contributed by atoms with van der Waals surface area (Å²) in [5, 5.41) is 6.46. The third kappa shape index (κ3) is 2.07. The molecular weight excluding hydrogens is 234 g/mol. The van der Waals surface area contributed by atoms with Gasteiger partial charge in [0.1, 0.15) is 0 Å². The van der Waals surface area contributed by atoms with E-state index in [1.54, 1.807) is 0 Å². The molecule has 1 amide bonds. The van der Waals surface area contributed by atoms with Gasteiger partial charge in [-0.25, -0.2) is 4.79 Å².